The van der Waals surface area contributed by atoms with Crippen LogP contribution in [0.25, 0.3) is 10.8 Å². The van der Waals surface area contributed by atoms with Gasteiger partial charge in [-0.15, -0.1) is 0 Å². The van der Waals surface area contributed by atoms with Crippen molar-refractivity contribution in [2.75, 3.05) is 7.11 Å². The number of rotatable bonds is 7. The van der Waals surface area contributed by atoms with E-state index < -0.39 is 5.97 Å². The first kappa shape index (κ1) is 22.1. The first-order valence-corrected chi connectivity index (χ1v) is 10.7. The first-order valence-electron chi connectivity index (χ1n) is 10.7. The van der Waals surface area contributed by atoms with Gasteiger partial charge in [-0.1, -0.05) is 84.9 Å². The molecule has 0 aliphatic heterocycles. The van der Waals surface area contributed by atoms with Crippen LogP contribution in [0.15, 0.2) is 84.9 Å². The summed E-state index contributed by atoms with van der Waals surface area (Å²) in [6.45, 7) is 1.78. The lowest BCUT2D eigenvalue weighted by Gasteiger charge is -2.19. The van der Waals surface area contributed by atoms with Gasteiger partial charge in [-0.3, -0.25) is 9.59 Å². The molecular weight excluding hydrogens is 416 g/mol. The third-order valence-electron chi connectivity index (χ3n) is 5.32. The average Bonchev–Trinajstić information content (AvgIpc) is 2.83. The van der Waals surface area contributed by atoms with Gasteiger partial charge in [-0.25, -0.2) is 0 Å². The van der Waals surface area contributed by atoms with E-state index in [2.05, 4.69) is 0 Å². The highest BCUT2D eigenvalue weighted by Gasteiger charge is 2.23. The zero-order chi connectivity index (χ0) is 23.2. The van der Waals surface area contributed by atoms with Crippen LogP contribution in [0.3, 0.4) is 0 Å². The number of methoxy groups -OCH3 is 1. The molecule has 5 heteroatoms. The Bertz CT molecular complexity index is 1280. The molecule has 4 rings (SSSR count). The monoisotopic (exact) mass is 440 g/mol. The van der Waals surface area contributed by atoms with Crippen LogP contribution in [0.1, 0.15) is 16.7 Å². The summed E-state index contributed by atoms with van der Waals surface area (Å²) in [6, 6.07) is 26.1. The van der Waals surface area contributed by atoms with E-state index in [0.717, 1.165) is 11.1 Å². The molecule has 0 unspecified atom stereocenters. The van der Waals surface area contributed by atoms with E-state index in [9.17, 15) is 9.59 Å². The number of esters is 2. The van der Waals surface area contributed by atoms with Gasteiger partial charge in [0.25, 0.3) is 0 Å². The van der Waals surface area contributed by atoms with Gasteiger partial charge in [0, 0.05) is 16.3 Å². The third-order valence-corrected chi connectivity index (χ3v) is 5.32. The number of ether oxygens (including phenoxy) is 3. The Morgan fingerprint density at radius 3 is 1.52 bits per heavy atom. The summed E-state index contributed by atoms with van der Waals surface area (Å²) >= 11 is 0. The molecule has 0 amide bonds. The Labute approximate surface area is 192 Å². The molecule has 0 bridgehead atoms. The Balaban J connectivity index is 1.68. The van der Waals surface area contributed by atoms with Gasteiger partial charge in [0.05, 0.1) is 20.0 Å². The molecule has 166 valence electrons. The number of benzene rings is 4. The van der Waals surface area contributed by atoms with Gasteiger partial charge in [-0.2, -0.15) is 0 Å². The van der Waals surface area contributed by atoms with Crippen molar-refractivity contribution >= 4 is 22.7 Å². The van der Waals surface area contributed by atoms with Gasteiger partial charge in [-0.05, 0) is 18.1 Å². The number of carbonyl (C=O) groups is 2. The van der Waals surface area contributed by atoms with Crippen molar-refractivity contribution in [1.29, 1.82) is 0 Å². The molecule has 4 aromatic rings. The van der Waals surface area contributed by atoms with Gasteiger partial charge in [0.2, 0.25) is 0 Å². The van der Waals surface area contributed by atoms with Gasteiger partial charge < -0.3 is 14.2 Å². The molecule has 0 saturated carbocycles. The largest absolute Gasteiger partial charge is 0.492 e. The second-order valence-electron chi connectivity index (χ2n) is 7.63. The van der Waals surface area contributed by atoms with Crippen molar-refractivity contribution in [2.24, 2.45) is 0 Å². The summed E-state index contributed by atoms with van der Waals surface area (Å²) in [5, 5.41) is 1.29. The summed E-state index contributed by atoms with van der Waals surface area (Å²) in [6.07, 6.45) is 0.274. The van der Waals surface area contributed by atoms with E-state index in [1.165, 1.54) is 7.11 Å². The summed E-state index contributed by atoms with van der Waals surface area (Å²) in [5.74, 6) is 0.279. The molecule has 0 fully saturated rings. The molecule has 0 spiro atoms. The van der Waals surface area contributed by atoms with Crippen LogP contribution in [-0.4, -0.2) is 19.0 Å². The maximum absolute atomic E-state index is 12.7. The molecule has 0 atom stereocenters. The molecule has 5 nitrogen and oxygen atoms in total. The molecular formula is C28H24O5. The van der Waals surface area contributed by atoms with Crippen LogP contribution in [0, 0.1) is 6.92 Å². The smallest absolute Gasteiger partial charge is 0.315 e. The molecule has 0 N–H and O–H groups in total. The minimum atomic E-state index is -0.405. The van der Waals surface area contributed by atoms with E-state index in [0.29, 0.717) is 33.6 Å². The Hall–Kier alpha value is -4.12. The van der Waals surface area contributed by atoms with Gasteiger partial charge in [0.15, 0.2) is 11.5 Å². The summed E-state index contributed by atoms with van der Waals surface area (Å²) in [4.78, 5) is 25.4. The van der Waals surface area contributed by atoms with E-state index >= 15 is 0 Å². The highest BCUT2D eigenvalue weighted by Crippen LogP contribution is 2.45. The lowest BCUT2D eigenvalue weighted by molar-refractivity contribution is -0.134. The van der Waals surface area contributed by atoms with Crippen LogP contribution in [-0.2, 0) is 22.4 Å². The standard InChI is InChI=1S/C28H24O5/c1-19-26(32-24(29)17-20-11-5-3-6-12-20)22-15-9-10-16-23(22)28(27(19)31-2)33-25(30)18-21-13-7-4-8-14-21/h3-16H,17-18H2,1-2H3. The second-order valence-corrected chi connectivity index (χ2v) is 7.63. The maximum atomic E-state index is 12.7. The lowest BCUT2D eigenvalue weighted by Crippen LogP contribution is -2.15. The summed E-state index contributed by atoms with van der Waals surface area (Å²) < 4.78 is 17.2. The topological polar surface area (TPSA) is 61.8 Å². The first-order chi connectivity index (χ1) is 16.1. The average molecular weight is 440 g/mol. The zero-order valence-electron chi connectivity index (χ0n) is 18.5. The molecule has 0 aliphatic rings. The molecule has 0 heterocycles. The quantitative estimate of drug-likeness (QED) is 0.282. The Kier molecular flexibility index (Phi) is 6.69. The van der Waals surface area contributed by atoms with Crippen molar-refractivity contribution in [1.82, 2.24) is 0 Å². The Morgan fingerprint density at radius 2 is 1.03 bits per heavy atom. The predicted molar refractivity (Wildman–Crippen MR) is 127 cm³/mol. The molecule has 0 aliphatic carbocycles. The maximum Gasteiger partial charge on any atom is 0.315 e. The third kappa shape index (κ3) is 5.04. The summed E-state index contributed by atoms with van der Waals surface area (Å²) in [5.41, 5.74) is 2.30. The Morgan fingerprint density at radius 1 is 0.606 bits per heavy atom. The number of hydrogen-bond donors (Lipinski definition) is 0. The van der Waals surface area contributed by atoms with E-state index in [4.69, 9.17) is 14.2 Å². The van der Waals surface area contributed by atoms with E-state index in [1.807, 2.05) is 84.9 Å². The van der Waals surface area contributed by atoms with Gasteiger partial charge in [0.1, 0.15) is 5.75 Å². The van der Waals surface area contributed by atoms with Crippen molar-refractivity contribution in [3.63, 3.8) is 0 Å². The van der Waals surface area contributed by atoms with Crippen LogP contribution in [0.2, 0.25) is 0 Å². The molecule has 33 heavy (non-hydrogen) atoms. The fourth-order valence-electron chi connectivity index (χ4n) is 3.78. The van der Waals surface area contributed by atoms with E-state index in [1.54, 1.807) is 6.92 Å². The van der Waals surface area contributed by atoms with E-state index in [-0.39, 0.29) is 18.8 Å². The van der Waals surface area contributed by atoms with Crippen LogP contribution in [0.4, 0.5) is 0 Å². The number of carbonyl (C=O) groups excluding carboxylic acids is 2. The van der Waals surface area contributed by atoms with Crippen molar-refractivity contribution in [3.05, 3.63) is 102 Å². The lowest BCUT2D eigenvalue weighted by atomic mass is 10.0. The fraction of sp³-hybridized carbons (Fsp3) is 0.143. The molecule has 0 radical (unpaired) electrons. The number of hydrogen-bond acceptors (Lipinski definition) is 5. The molecule has 0 saturated heterocycles. The predicted octanol–water partition coefficient (Wildman–Crippen LogP) is 5.45. The van der Waals surface area contributed by atoms with Crippen molar-refractivity contribution in [3.8, 4) is 17.2 Å². The summed E-state index contributed by atoms with van der Waals surface area (Å²) in [7, 11) is 1.50. The van der Waals surface area contributed by atoms with Crippen LogP contribution < -0.4 is 14.2 Å². The van der Waals surface area contributed by atoms with Crippen molar-refractivity contribution < 1.29 is 23.8 Å². The SMILES string of the molecule is COc1c(C)c(OC(=O)Cc2ccccc2)c2ccccc2c1OC(=O)Cc1ccccc1. The minimum absolute atomic E-state index is 0.130. The second kappa shape index (κ2) is 10.0. The fourth-order valence-corrected chi connectivity index (χ4v) is 3.78. The van der Waals surface area contributed by atoms with Crippen molar-refractivity contribution in [2.45, 2.75) is 19.8 Å². The van der Waals surface area contributed by atoms with Gasteiger partial charge >= 0.3 is 11.9 Å². The minimum Gasteiger partial charge on any atom is -0.492 e. The zero-order valence-corrected chi connectivity index (χ0v) is 18.5. The number of fused-ring (bicyclic) bond motifs is 1. The normalized spacial score (nSPS) is 10.6. The molecule has 0 aromatic heterocycles. The van der Waals surface area contributed by atoms with Crippen LogP contribution in [0.5, 0.6) is 17.2 Å². The highest BCUT2D eigenvalue weighted by atomic mass is 16.6. The molecule has 4 aromatic carbocycles. The highest BCUT2D eigenvalue weighted by molar-refractivity contribution is 6.00. The van der Waals surface area contributed by atoms with Crippen LogP contribution >= 0.6 is 0 Å².